The first-order valence-electron chi connectivity index (χ1n) is 8.39. The number of hydrogen-bond donors (Lipinski definition) is 1. The summed E-state index contributed by atoms with van der Waals surface area (Å²) in [6, 6.07) is 13.9. The molecule has 2 heterocycles. The van der Waals surface area contributed by atoms with E-state index in [1.807, 2.05) is 47.5 Å². The Morgan fingerprint density at radius 2 is 1.83 bits per heavy atom. The van der Waals surface area contributed by atoms with Crippen molar-refractivity contribution in [1.82, 2.24) is 9.88 Å². The molecule has 4 rings (SSSR count). The Bertz CT molecular complexity index is 894. The number of para-hydroxylation sites is 1. The molecule has 1 aromatic heterocycles. The SMILES string of the molecule is O=C(c1c[nH]c2c(-c3cccc(Cl)c3)cccc12)N1CCCCC1. The monoisotopic (exact) mass is 338 g/mol. The zero-order valence-electron chi connectivity index (χ0n) is 13.4. The molecule has 4 heteroatoms. The van der Waals surface area contributed by atoms with E-state index in [4.69, 9.17) is 11.6 Å². The molecule has 2 aromatic carbocycles. The van der Waals surface area contributed by atoms with E-state index in [0.717, 1.165) is 53.5 Å². The van der Waals surface area contributed by atoms with Crippen LogP contribution in [0.1, 0.15) is 29.6 Å². The van der Waals surface area contributed by atoms with E-state index in [1.54, 1.807) is 0 Å². The number of halogens is 1. The van der Waals surface area contributed by atoms with Gasteiger partial charge in [0.05, 0.1) is 11.1 Å². The number of aromatic amines is 1. The van der Waals surface area contributed by atoms with E-state index >= 15 is 0 Å². The highest BCUT2D eigenvalue weighted by Gasteiger charge is 2.21. The van der Waals surface area contributed by atoms with Crippen molar-refractivity contribution >= 4 is 28.4 Å². The van der Waals surface area contributed by atoms with Gasteiger partial charge in [-0.05, 0) is 37.0 Å². The molecule has 0 radical (unpaired) electrons. The summed E-state index contributed by atoms with van der Waals surface area (Å²) in [4.78, 5) is 18.1. The molecule has 3 nitrogen and oxygen atoms in total. The molecule has 0 aliphatic carbocycles. The Labute approximate surface area is 146 Å². The Morgan fingerprint density at radius 3 is 2.62 bits per heavy atom. The molecule has 0 spiro atoms. The second-order valence-corrected chi connectivity index (χ2v) is 6.73. The number of likely N-dealkylation sites (tertiary alicyclic amines) is 1. The van der Waals surface area contributed by atoms with Crippen molar-refractivity contribution in [2.45, 2.75) is 19.3 Å². The fourth-order valence-corrected chi connectivity index (χ4v) is 3.69. The Balaban J connectivity index is 1.77. The van der Waals surface area contributed by atoms with Crippen LogP contribution in [-0.2, 0) is 0 Å². The summed E-state index contributed by atoms with van der Waals surface area (Å²) in [6.45, 7) is 1.72. The number of hydrogen-bond acceptors (Lipinski definition) is 1. The fourth-order valence-electron chi connectivity index (χ4n) is 3.50. The minimum Gasteiger partial charge on any atom is -0.360 e. The Hall–Kier alpha value is -2.26. The van der Waals surface area contributed by atoms with Gasteiger partial charge in [0.1, 0.15) is 0 Å². The third-order valence-corrected chi connectivity index (χ3v) is 4.96. The predicted octanol–water partition coefficient (Wildman–Crippen LogP) is 5.11. The molecule has 122 valence electrons. The molecular weight excluding hydrogens is 320 g/mol. The van der Waals surface area contributed by atoms with Crippen LogP contribution in [0.3, 0.4) is 0 Å². The summed E-state index contributed by atoms with van der Waals surface area (Å²) in [5.74, 6) is 0.129. The minimum atomic E-state index is 0.129. The lowest BCUT2D eigenvalue weighted by molar-refractivity contribution is 0.0726. The van der Waals surface area contributed by atoms with Gasteiger partial charge >= 0.3 is 0 Å². The van der Waals surface area contributed by atoms with E-state index in [2.05, 4.69) is 11.1 Å². The number of carbonyl (C=O) groups is 1. The summed E-state index contributed by atoms with van der Waals surface area (Å²) in [7, 11) is 0. The lowest BCUT2D eigenvalue weighted by Gasteiger charge is -2.26. The fraction of sp³-hybridized carbons (Fsp3) is 0.250. The summed E-state index contributed by atoms with van der Waals surface area (Å²) >= 11 is 6.13. The molecule has 1 fully saturated rings. The van der Waals surface area contributed by atoms with Gasteiger partial charge in [-0.1, -0.05) is 41.9 Å². The summed E-state index contributed by atoms with van der Waals surface area (Å²) in [6.07, 6.45) is 5.26. The lowest BCUT2D eigenvalue weighted by atomic mass is 10.0. The highest BCUT2D eigenvalue weighted by atomic mass is 35.5. The Kier molecular flexibility index (Phi) is 4.03. The second kappa shape index (κ2) is 6.33. The molecule has 1 aliphatic rings. The molecule has 1 amide bonds. The second-order valence-electron chi connectivity index (χ2n) is 6.29. The number of benzene rings is 2. The van der Waals surface area contributed by atoms with Gasteiger partial charge in [0.2, 0.25) is 0 Å². The number of nitrogens with zero attached hydrogens (tertiary/aromatic N) is 1. The van der Waals surface area contributed by atoms with Crippen LogP contribution < -0.4 is 0 Å². The maximum Gasteiger partial charge on any atom is 0.256 e. The van der Waals surface area contributed by atoms with Gasteiger partial charge in [-0.2, -0.15) is 0 Å². The number of amides is 1. The predicted molar refractivity (Wildman–Crippen MR) is 98.5 cm³/mol. The zero-order valence-corrected chi connectivity index (χ0v) is 14.1. The molecule has 0 bridgehead atoms. The summed E-state index contributed by atoms with van der Waals surface area (Å²) in [5, 5.41) is 1.68. The van der Waals surface area contributed by atoms with E-state index in [-0.39, 0.29) is 5.91 Å². The van der Waals surface area contributed by atoms with Gasteiger partial charge < -0.3 is 9.88 Å². The van der Waals surface area contributed by atoms with Crippen LogP contribution >= 0.6 is 11.6 Å². The smallest absolute Gasteiger partial charge is 0.256 e. The first-order chi connectivity index (χ1) is 11.7. The molecule has 1 N–H and O–H groups in total. The highest BCUT2D eigenvalue weighted by Crippen LogP contribution is 2.31. The van der Waals surface area contributed by atoms with Crippen molar-refractivity contribution in [3.05, 3.63) is 59.2 Å². The lowest BCUT2D eigenvalue weighted by Crippen LogP contribution is -2.35. The third-order valence-electron chi connectivity index (χ3n) is 4.72. The number of rotatable bonds is 2. The van der Waals surface area contributed by atoms with Crippen LogP contribution in [0.4, 0.5) is 0 Å². The zero-order chi connectivity index (χ0) is 16.5. The number of nitrogens with one attached hydrogen (secondary N) is 1. The van der Waals surface area contributed by atoms with Crippen LogP contribution in [-0.4, -0.2) is 28.9 Å². The largest absolute Gasteiger partial charge is 0.360 e. The summed E-state index contributed by atoms with van der Waals surface area (Å²) in [5.41, 5.74) is 3.86. The van der Waals surface area contributed by atoms with Gasteiger partial charge in [-0.25, -0.2) is 0 Å². The van der Waals surface area contributed by atoms with E-state index in [0.29, 0.717) is 5.02 Å². The highest BCUT2D eigenvalue weighted by molar-refractivity contribution is 6.31. The number of fused-ring (bicyclic) bond motifs is 1. The van der Waals surface area contributed by atoms with Crippen LogP contribution in [0.15, 0.2) is 48.7 Å². The number of carbonyl (C=O) groups excluding carboxylic acids is 1. The van der Waals surface area contributed by atoms with E-state index in [1.165, 1.54) is 6.42 Å². The molecule has 24 heavy (non-hydrogen) atoms. The van der Waals surface area contributed by atoms with Gasteiger partial charge in [-0.15, -0.1) is 0 Å². The first kappa shape index (κ1) is 15.3. The Morgan fingerprint density at radius 1 is 1.04 bits per heavy atom. The molecule has 3 aromatic rings. The van der Waals surface area contributed by atoms with Crippen LogP contribution in [0.5, 0.6) is 0 Å². The minimum absolute atomic E-state index is 0.129. The van der Waals surface area contributed by atoms with Crippen molar-refractivity contribution < 1.29 is 4.79 Å². The molecule has 1 aliphatic heterocycles. The average Bonchev–Trinajstić information content (AvgIpc) is 3.06. The van der Waals surface area contributed by atoms with Crippen molar-refractivity contribution in [2.75, 3.05) is 13.1 Å². The van der Waals surface area contributed by atoms with Crippen LogP contribution in [0.2, 0.25) is 5.02 Å². The van der Waals surface area contributed by atoms with Gasteiger partial charge in [0, 0.05) is 35.3 Å². The number of H-pyrrole nitrogens is 1. The van der Waals surface area contributed by atoms with Crippen molar-refractivity contribution in [2.24, 2.45) is 0 Å². The van der Waals surface area contributed by atoms with Gasteiger partial charge in [-0.3, -0.25) is 4.79 Å². The standard InChI is InChI=1S/C20H19ClN2O/c21-15-7-4-6-14(12-15)16-8-5-9-17-18(13-22-19(16)17)20(24)23-10-2-1-3-11-23/h4-9,12-13,22H,1-3,10-11H2. The normalized spacial score (nSPS) is 15.0. The van der Waals surface area contributed by atoms with Crippen molar-refractivity contribution in [1.29, 1.82) is 0 Å². The topological polar surface area (TPSA) is 36.1 Å². The first-order valence-corrected chi connectivity index (χ1v) is 8.77. The summed E-state index contributed by atoms with van der Waals surface area (Å²) < 4.78 is 0. The van der Waals surface area contributed by atoms with Crippen molar-refractivity contribution in [3.63, 3.8) is 0 Å². The number of aromatic nitrogens is 1. The van der Waals surface area contributed by atoms with Crippen molar-refractivity contribution in [3.8, 4) is 11.1 Å². The number of piperidine rings is 1. The third kappa shape index (κ3) is 2.69. The molecule has 0 saturated carbocycles. The van der Waals surface area contributed by atoms with E-state index < -0.39 is 0 Å². The van der Waals surface area contributed by atoms with E-state index in [9.17, 15) is 4.79 Å². The van der Waals surface area contributed by atoms with Crippen LogP contribution in [0, 0.1) is 0 Å². The maximum absolute atomic E-state index is 12.9. The van der Waals surface area contributed by atoms with Gasteiger partial charge in [0.15, 0.2) is 0 Å². The molecule has 1 saturated heterocycles. The van der Waals surface area contributed by atoms with Crippen LogP contribution in [0.25, 0.3) is 22.0 Å². The maximum atomic E-state index is 12.9. The molecule has 0 unspecified atom stereocenters. The van der Waals surface area contributed by atoms with Gasteiger partial charge in [0.25, 0.3) is 5.91 Å². The average molecular weight is 339 g/mol. The quantitative estimate of drug-likeness (QED) is 0.692. The molecular formula is C20H19ClN2O. The molecule has 0 atom stereocenters.